The molecular formula is C21H10ClF3O4S. The summed E-state index contributed by atoms with van der Waals surface area (Å²) in [7, 11) is -5.82. The summed E-state index contributed by atoms with van der Waals surface area (Å²) in [5.41, 5.74) is -5.24. The Balaban J connectivity index is 1.78. The van der Waals surface area contributed by atoms with Gasteiger partial charge in [-0.3, -0.25) is 0 Å². The van der Waals surface area contributed by atoms with Gasteiger partial charge in [0.2, 0.25) is 0 Å². The normalized spacial score (nSPS) is 12.9. The standard InChI is InChI=1S/C21H10ClF3O4S/c22-13-6-7-14-11(8-13)4-5-12-9-17-15-2-1-3-18(29-30(26,27)21(23,24)25)20(15)28-19(17)10-16(12)14/h1-10H. The summed E-state index contributed by atoms with van der Waals surface area (Å²) in [4.78, 5) is 0. The van der Waals surface area contributed by atoms with Crippen molar-refractivity contribution in [3.8, 4) is 5.75 Å². The molecule has 9 heteroatoms. The highest BCUT2D eigenvalue weighted by atomic mass is 35.5. The van der Waals surface area contributed by atoms with E-state index in [2.05, 4.69) is 4.18 Å². The van der Waals surface area contributed by atoms with Crippen LogP contribution in [0.25, 0.3) is 43.5 Å². The first-order valence-electron chi connectivity index (χ1n) is 8.62. The van der Waals surface area contributed by atoms with Crippen molar-refractivity contribution in [2.75, 3.05) is 0 Å². The van der Waals surface area contributed by atoms with Crippen LogP contribution in [0.2, 0.25) is 5.02 Å². The first-order valence-corrected chi connectivity index (χ1v) is 10.4. The number of hydrogen-bond donors (Lipinski definition) is 0. The van der Waals surface area contributed by atoms with Gasteiger partial charge in [-0.1, -0.05) is 41.9 Å². The fraction of sp³-hybridized carbons (Fsp3) is 0.0476. The van der Waals surface area contributed by atoms with Crippen molar-refractivity contribution in [1.29, 1.82) is 0 Å². The molecule has 0 unspecified atom stereocenters. The predicted molar refractivity (Wildman–Crippen MR) is 109 cm³/mol. The van der Waals surface area contributed by atoms with Gasteiger partial charge in [-0.2, -0.15) is 21.6 Å². The third-order valence-electron chi connectivity index (χ3n) is 4.86. The fourth-order valence-corrected chi connectivity index (χ4v) is 4.18. The van der Waals surface area contributed by atoms with E-state index in [9.17, 15) is 21.6 Å². The van der Waals surface area contributed by atoms with Crippen LogP contribution in [0.3, 0.4) is 0 Å². The quantitative estimate of drug-likeness (QED) is 0.169. The molecule has 0 fully saturated rings. The lowest BCUT2D eigenvalue weighted by molar-refractivity contribution is -0.0499. The lowest BCUT2D eigenvalue weighted by Crippen LogP contribution is -2.28. The van der Waals surface area contributed by atoms with Crippen LogP contribution < -0.4 is 4.18 Å². The number of hydrogen-bond acceptors (Lipinski definition) is 4. The highest BCUT2D eigenvalue weighted by Gasteiger charge is 2.49. The minimum Gasteiger partial charge on any atom is -0.452 e. The molecule has 4 aromatic carbocycles. The van der Waals surface area contributed by atoms with Crippen LogP contribution in [0.5, 0.6) is 5.75 Å². The highest BCUT2D eigenvalue weighted by Crippen LogP contribution is 2.39. The zero-order chi connectivity index (χ0) is 21.3. The van der Waals surface area contributed by atoms with Gasteiger partial charge in [0, 0.05) is 15.8 Å². The van der Waals surface area contributed by atoms with Crippen molar-refractivity contribution in [1.82, 2.24) is 0 Å². The van der Waals surface area contributed by atoms with Crippen LogP contribution in [0, 0.1) is 0 Å². The molecule has 0 aliphatic carbocycles. The molecule has 0 saturated heterocycles. The summed E-state index contributed by atoms with van der Waals surface area (Å²) in [6.07, 6.45) is 0. The molecule has 0 bridgehead atoms. The first-order chi connectivity index (χ1) is 14.1. The van der Waals surface area contributed by atoms with Crippen LogP contribution >= 0.6 is 11.6 Å². The molecule has 0 saturated carbocycles. The Bertz CT molecular complexity index is 1590. The van der Waals surface area contributed by atoms with Crippen molar-refractivity contribution >= 4 is 65.2 Å². The minimum absolute atomic E-state index is 0.0806. The lowest BCUT2D eigenvalue weighted by atomic mass is 10.00. The number of alkyl halides is 3. The number of para-hydroxylation sites is 1. The predicted octanol–water partition coefficient (Wildman–Crippen LogP) is 6.77. The van der Waals surface area contributed by atoms with Gasteiger partial charge in [-0.05, 0) is 51.9 Å². The van der Waals surface area contributed by atoms with Gasteiger partial charge in [-0.25, -0.2) is 0 Å². The summed E-state index contributed by atoms with van der Waals surface area (Å²) in [6, 6.07) is 17.0. The van der Waals surface area contributed by atoms with Gasteiger partial charge in [0.1, 0.15) is 5.58 Å². The third kappa shape index (κ3) is 2.86. The molecule has 30 heavy (non-hydrogen) atoms. The Kier molecular flexibility index (Phi) is 3.97. The van der Waals surface area contributed by atoms with E-state index < -0.39 is 21.4 Å². The molecular weight excluding hydrogens is 441 g/mol. The molecule has 0 radical (unpaired) electrons. The Morgan fingerprint density at radius 3 is 2.30 bits per heavy atom. The van der Waals surface area contributed by atoms with E-state index in [1.165, 1.54) is 6.07 Å². The van der Waals surface area contributed by atoms with Crippen molar-refractivity contribution in [2.45, 2.75) is 5.51 Å². The maximum atomic E-state index is 12.7. The molecule has 0 amide bonds. The lowest BCUT2D eigenvalue weighted by Gasteiger charge is -2.09. The number of rotatable bonds is 2. The molecule has 0 spiro atoms. The second-order valence-corrected chi connectivity index (χ2v) is 8.69. The maximum absolute atomic E-state index is 12.7. The Morgan fingerprint density at radius 1 is 0.833 bits per heavy atom. The van der Waals surface area contributed by atoms with Gasteiger partial charge in [0.05, 0.1) is 0 Å². The Hall–Kier alpha value is -2.97. The van der Waals surface area contributed by atoms with Gasteiger partial charge >= 0.3 is 15.6 Å². The van der Waals surface area contributed by atoms with E-state index in [4.69, 9.17) is 16.0 Å². The van der Waals surface area contributed by atoms with E-state index in [1.807, 2.05) is 30.3 Å². The van der Waals surface area contributed by atoms with Crippen LogP contribution in [0.1, 0.15) is 0 Å². The molecule has 1 aromatic heterocycles. The van der Waals surface area contributed by atoms with Gasteiger partial charge in [-0.15, -0.1) is 0 Å². The monoisotopic (exact) mass is 450 g/mol. The van der Waals surface area contributed by atoms with Gasteiger partial charge in [0.25, 0.3) is 0 Å². The topological polar surface area (TPSA) is 56.5 Å². The molecule has 1 heterocycles. The Morgan fingerprint density at radius 2 is 1.57 bits per heavy atom. The first kappa shape index (κ1) is 19.0. The molecule has 152 valence electrons. The van der Waals surface area contributed by atoms with E-state index in [0.29, 0.717) is 21.4 Å². The zero-order valence-electron chi connectivity index (χ0n) is 14.8. The van der Waals surface area contributed by atoms with Gasteiger partial charge < -0.3 is 8.60 Å². The number of fused-ring (bicyclic) bond motifs is 6. The SMILES string of the molecule is O=S(=O)(Oc1cccc2c1oc1cc3c(ccc4cc(Cl)ccc43)cc12)C(F)(F)F. The van der Waals surface area contributed by atoms with E-state index in [-0.39, 0.29) is 5.58 Å². The second kappa shape index (κ2) is 6.26. The molecule has 5 rings (SSSR count). The van der Waals surface area contributed by atoms with E-state index in [0.717, 1.165) is 27.6 Å². The summed E-state index contributed by atoms with van der Waals surface area (Å²) in [5.74, 6) is -0.526. The summed E-state index contributed by atoms with van der Waals surface area (Å²) in [6.45, 7) is 0. The maximum Gasteiger partial charge on any atom is 0.534 e. The second-order valence-electron chi connectivity index (χ2n) is 6.72. The van der Waals surface area contributed by atoms with Crippen LogP contribution in [0.15, 0.2) is 65.1 Å². The number of furan rings is 1. The highest BCUT2D eigenvalue weighted by molar-refractivity contribution is 7.88. The molecule has 4 nitrogen and oxygen atoms in total. The van der Waals surface area contributed by atoms with Crippen LogP contribution in [-0.2, 0) is 10.1 Å². The van der Waals surface area contributed by atoms with Crippen molar-refractivity contribution in [2.24, 2.45) is 0 Å². The number of halogens is 4. The van der Waals surface area contributed by atoms with Crippen molar-refractivity contribution in [3.05, 3.63) is 65.7 Å². The summed E-state index contributed by atoms with van der Waals surface area (Å²) >= 11 is 6.06. The third-order valence-corrected chi connectivity index (χ3v) is 6.06. The average Bonchev–Trinajstić information content (AvgIpc) is 3.03. The largest absolute Gasteiger partial charge is 0.534 e. The molecule has 0 atom stereocenters. The summed E-state index contributed by atoms with van der Waals surface area (Å²) in [5, 5.41) is 5.26. The molecule has 0 aliphatic heterocycles. The average molecular weight is 451 g/mol. The smallest absolute Gasteiger partial charge is 0.452 e. The van der Waals surface area contributed by atoms with Crippen LogP contribution in [0.4, 0.5) is 13.2 Å². The van der Waals surface area contributed by atoms with Crippen LogP contribution in [-0.4, -0.2) is 13.9 Å². The molecule has 5 aromatic rings. The van der Waals surface area contributed by atoms with Gasteiger partial charge in [0.15, 0.2) is 11.3 Å². The Labute approximate surface area is 172 Å². The summed E-state index contributed by atoms with van der Waals surface area (Å²) < 4.78 is 71.2. The fourth-order valence-electron chi connectivity index (χ4n) is 3.53. The number of benzene rings is 4. The van der Waals surface area contributed by atoms with E-state index >= 15 is 0 Å². The molecule has 0 aliphatic rings. The van der Waals surface area contributed by atoms with Crippen molar-refractivity contribution in [3.63, 3.8) is 0 Å². The molecule has 0 N–H and O–H groups in total. The zero-order valence-corrected chi connectivity index (χ0v) is 16.4. The van der Waals surface area contributed by atoms with E-state index in [1.54, 1.807) is 18.2 Å². The van der Waals surface area contributed by atoms with Crippen molar-refractivity contribution < 1.29 is 30.2 Å². The minimum atomic E-state index is -5.82.